The number of carbonyl (C=O) groups excluding carboxylic acids is 1. The Kier molecular flexibility index (Phi) is 2.14. The van der Waals surface area contributed by atoms with E-state index >= 15 is 0 Å². The molecule has 0 saturated carbocycles. The van der Waals surface area contributed by atoms with Gasteiger partial charge in [0.05, 0.1) is 18.8 Å². The van der Waals surface area contributed by atoms with Crippen molar-refractivity contribution in [3.8, 4) is 0 Å². The third-order valence-electron chi connectivity index (χ3n) is 3.55. The van der Waals surface area contributed by atoms with Crippen LogP contribution >= 0.6 is 0 Å². The van der Waals surface area contributed by atoms with Crippen LogP contribution in [0.3, 0.4) is 0 Å². The van der Waals surface area contributed by atoms with E-state index in [1.54, 1.807) is 6.92 Å². The van der Waals surface area contributed by atoms with Gasteiger partial charge in [-0.15, -0.1) is 0 Å². The van der Waals surface area contributed by atoms with Crippen LogP contribution in [0.4, 0.5) is 0 Å². The third kappa shape index (κ3) is 1.31. The molecule has 0 aromatic rings. The van der Waals surface area contributed by atoms with E-state index in [1.165, 1.54) is 0 Å². The molecule has 2 heterocycles. The van der Waals surface area contributed by atoms with Crippen molar-refractivity contribution in [2.24, 2.45) is 5.41 Å². The molecule has 15 heavy (non-hydrogen) atoms. The van der Waals surface area contributed by atoms with Crippen molar-refractivity contribution in [2.75, 3.05) is 13.2 Å². The molecule has 0 aromatic heterocycles. The average Bonchev–Trinajstić information content (AvgIpc) is 2.53. The van der Waals surface area contributed by atoms with Gasteiger partial charge in [0.1, 0.15) is 5.41 Å². The maximum absolute atomic E-state index is 11.9. The Bertz CT molecular complexity index is 303. The SMILES string of the molecule is CCOC(=O)[C@]1(C)C[C@]2(C)CO[C@@]1(C)O2. The molecule has 2 saturated heterocycles. The highest BCUT2D eigenvalue weighted by molar-refractivity contribution is 5.78. The second kappa shape index (κ2) is 2.95. The fourth-order valence-corrected chi connectivity index (χ4v) is 2.63. The summed E-state index contributed by atoms with van der Waals surface area (Å²) >= 11 is 0. The highest BCUT2D eigenvalue weighted by Gasteiger charge is 2.68. The van der Waals surface area contributed by atoms with E-state index in [-0.39, 0.29) is 11.6 Å². The number of hydrogen-bond donors (Lipinski definition) is 0. The van der Waals surface area contributed by atoms with E-state index < -0.39 is 11.2 Å². The van der Waals surface area contributed by atoms with Crippen molar-refractivity contribution in [3.05, 3.63) is 0 Å². The molecule has 0 aromatic carbocycles. The van der Waals surface area contributed by atoms with Crippen LogP contribution in [-0.2, 0) is 19.0 Å². The van der Waals surface area contributed by atoms with Gasteiger partial charge in [-0.25, -0.2) is 0 Å². The van der Waals surface area contributed by atoms with Crippen LogP contribution in [0.2, 0.25) is 0 Å². The Hall–Kier alpha value is -0.610. The second-order valence-electron chi connectivity index (χ2n) is 5.02. The quantitative estimate of drug-likeness (QED) is 0.653. The number of ether oxygens (including phenoxy) is 3. The molecule has 3 atom stereocenters. The predicted octanol–water partition coefficient (Wildman–Crippen LogP) is 1.48. The highest BCUT2D eigenvalue weighted by atomic mass is 16.8. The van der Waals surface area contributed by atoms with E-state index in [0.717, 1.165) is 0 Å². The molecule has 2 rings (SSSR count). The lowest BCUT2D eigenvalue weighted by molar-refractivity contribution is -0.212. The largest absolute Gasteiger partial charge is 0.465 e. The molecule has 0 N–H and O–H groups in total. The summed E-state index contributed by atoms with van der Waals surface area (Å²) in [7, 11) is 0. The van der Waals surface area contributed by atoms with Crippen LogP contribution in [-0.4, -0.2) is 30.6 Å². The standard InChI is InChI=1S/C11H18O4/c1-5-13-8(12)10(3)6-9(2)7-14-11(10,4)15-9/h5-7H2,1-4H3/t9-,10+,11+/m1/s1. The van der Waals surface area contributed by atoms with Gasteiger partial charge < -0.3 is 14.2 Å². The number of carbonyl (C=O) groups is 1. The van der Waals surface area contributed by atoms with Crippen molar-refractivity contribution < 1.29 is 19.0 Å². The molecule has 2 aliphatic rings. The van der Waals surface area contributed by atoms with Crippen molar-refractivity contribution in [2.45, 2.75) is 45.5 Å². The lowest BCUT2D eigenvalue weighted by Gasteiger charge is -2.36. The Labute approximate surface area is 89.9 Å². The first-order chi connectivity index (χ1) is 6.85. The minimum atomic E-state index is -0.825. The molecular weight excluding hydrogens is 196 g/mol. The topological polar surface area (TPSA) is 44.8 Å². The smallest absolute Gasteiger partial charge is 0.317 e. The highest BCUT2D eigenvalue weighted by Crippen LogP contribution is 2.57. The molecule has 0 aliphatic carbocycles. The van der Waals surface area contributed by atoms with Crippen molar-refractivity contribution in [1.29, 1.82) is 0 Å². The first-order valence-electron chi connectivity index (χ1n) is 5.37. The lowest BCUT2D eigenvalue weighted by atomic mass is 9.75. The Morgan fingerprint density at radius 1 is 1.40 bits per heavy atom. The first-order valence-corrected chi connectivity index (χ1v) is 5.37. The first kappa shape index (κ1) is 10.9. The van der Waals surface area contributed by atoms with Crippen LogP contribution in [0.25, 0.3) is 0 Å². The summed E-state index contributed by atoms with van der Waals surface area (Å²) in [5.74, 6) is -1.05. The molecule has 4 heteroatoms. The van der Waals surface area contributed by atoms with Crippen LogP contribution < -0.4 is 0 Å². The summed E-state index contributed by atoms with van der Waals surface area (Å²) in [4.78, 5) is 11.9. The Balaban J connectivity index is 2.27. The molecule has 0 unspecified atom stereocenters. The van der Waals surface area contributed by atoms with Crippen LogP contribution in [0.5, 0.6) is 0 Å². The third-order valence-corrected chi connectivity index (χ3v) is 3.55. The zero-order valence-electron chi connectivity index (χ0n) is 9.75. The summed E-state index contributed by atoms with van der Waals surface area (Å²) in [5.41, 5.74) is -1.02. The minimum absolute atomic E-state index is 0.226. The van der Waals surface area contributed by atoms with Crippen LogP contribution in [0.1, 0.15) is 34.1 Å². The molecule has 2 aliphatic heterocycles. The fraction of sp³-hybridized carbons (Fsp3) is 0.909. The number of esters is 1. The van der Waals surface area contributed by atoms with Gasteiger partial charge in [-0.1, -0.05) is 0 Å². The van der Waals surface area contributed by atoms with Crippen LogP contribution in [0, 0.1) is 5.41 Å². The average molecular weight is 214 g/mol. The van der Waals surface area contributed by atoms with E-state index in [4.69, 9.17) is 14.2 Å². The van der Waals surface area contributed by atoms with Crippen molar-refractivity contribution in [3.63, 3.8) is 0 Å². The van der Waals surface area contributed by atoms with E-state index in [9.17, 15) is 4.79 Å². The molecule has 0 radical (unpaired) electrons. The predicted molar refractivity (Wildman–Crippen MR) is 53.2 cm³/mol. The molecule has 0 amide bonds. The summed E-state index contributed by atoms with van der Waals surface area (Å²) in [6, 6.07) is 0. The monoisotopic (exact) mass is 214 g/mol. The summed E-state index contributed by atoms with van der Waals surface area (Å²) in [5, 5.41) is 0. The van der Waals surface area contributed by atoms with Gasteiger partial charge in [0.25, 0.3) is 0 Å². The van der Waals surface area contributed by atoms with Gasteiger partial charge in [-0.3, -0.25) is 4.79 Å². The van der Waals surface area contributed by atoms with E-state index in [0.29, 0.717) is 19.6 Å². The summed E-state index contributed by atoms with van der Waals surface area (Å²) in [6.45, 7) is 8.40. The second-order valence-corrected chi connectivity index (χ2v) is 5.02. The summed E-state index contributed by atoms with van der Waals surface area (Å²) in [6.07, 6.45) is 0.662. The number of fused-ring (bicyclic) bond motifs is 2. The number of rotatable bonds is 2. The van der Waals surface area contributed by atoms with Crippen LogP contribution in [0.15, 0.2) is 0 Å². The van der Waals surface area contributed by atoms with E-state index in [2.05, 4.69) is 0 Å². The van der Waals surface area contributed by atoms with Gasteiger partial charge in [-0.05, 0) is 34.1 Å². The van der Waals surface area contributed by atoms with Crippen molar-refractivity contribution >= 4 is 5.97 Å². The summed E-state index contributed by atoms with van der Waals surface area (Å²) < 4.78 is 16.5. The maximum Gasteiger partial charge on any atom is 0.317 e. The zero-order valence-corrected chi connectivity index (χ0v) is 9.75. The molecule has 86 valence electrons. The zero-order chi connectivity index (χ0) is 11.3. The molecule has 4 nitrogen and oxygen atoms in total. The Morgan fingerprint density at radius 3 is 2.47 bits per heavy atom. The van der Waals surface area contributed by atoms with Gasteiger partial charge in [0, 0.05) is 0 Å². The van der Waals surface area contributed by atoms with Gasteiger partial charge >= 0.3 is 5.97 Å². The lowest BCUT2D eigenvalue weighted by Crippen LogP contribution is -2.50. The van der Waals surface area contributed by atoms with Gasteiger partial charge in [0.2, 0.25) is 0 Å². The molecule has 2 fully saturated rings. The fourth-order valence-electron chi connectivity index (χ4n) is 2.63. The van der Waals surface area contributed by atoms with Gasteiger partial charge in [0.15, 0.2) is 5.79 Å². The minimum Gasteiger partial charge on any atom is -0.465 e. The van der Waals surface area contributed by atoms with E-state index in [1.807, 2.05) is 20.8 Å². The van der Waals surface area contributed by atoms with Gasteiger partial charge in [-0.2, -0.15) is 0 Å². The maximum atomic E-state index is 11.9. The van der Waals surface area contributed by atoms with Crippen molar-refractivity contribution in [1.82, 2.24) is 0 Å². The number of hydrogen-bond acceptors (Lipinski definition) is 4. The molecular formula is C11H18O4. The molecule has 2 bridgehead atoms. The normalized spacial score (nSPS) is 48.3. The molecule has 0 spiro atoms. The Morgan fingerprint density at radius 2 is 2.07 bits per heavy atom.